The molecule has 0 fully saturated rings. The molecule has 0 aliphatic rings. The molecule has 0 radical (unpaired) electrons. The van der Waals surface area contributed by atoms with Crippen LogP contribution in [0.2, 0.25) is 0 Å². The van der Waals surface area contributed by atoms with Crippen molar-refractivity contribution in [2.45, 2.75) is 18.9 Å². The minimum atomic E-state index is -0.878. The third kappa shape index (κ3) is 2.46. The second kappa shape index (κ2) is 4.82. The zero-order valence-electron chi connectivity index (χ0n) is 10.2. The third-order valence-corrected chi connectivity index (χ3v) is 3.05. The first-order chi connectivity index (χ1) is 8.15. The predicted octanol–water partition coefficient (Wildman–Crippen LogP) is 2.48. The number of fused-ring (bicyclic) bond motifs is 1. The van der Waals surface area contributed by atoms with Gasteiger partial charge >= 0.3 is 0 Å². The van der Waals surface area contributed by atoms with Crippen LogP contribution in [0.5, 0.6) is 0 Å². The van der Waals surface area contributed by atoms with Crippen LogP contribution >= 0.6 is 0 Å². The number of pyridine rings is 1. The Balaban J connectivity index is 2.47. The highest BCUT2D eigenvalue weighted by Gasteiger charge is 2.24. The van der Waals surface area contributed by atoms with Gasteiger partial charge in [-0.05, 0) is 23.9 Å². The minimum absolute atomic E-state index is 0.536. The maximum atomic E-state index is 10.5. The highest BCUT2D eigenvalue weighted by Crippen LogP contribution is 2.30. The number of methoxy groups -OCH3 is 1. The summed E-state index contributed by atoms with van der Waals surface area (Å²) in [6, 6.07) is 7.84. The molecule has 0 spiro atoms. The molecule has 1 atom stereocenters. The van der Waals surface area contributed by atoms with E-state index in [9.17, 15) is 5.11 Å². The van der Waals surface area contributed by atoms with E-state index in [1.54, 1.807) is 13.3 Å². The molecule has 0 bridgehead atoms. The number of nitrogens with zero attached hydrogens (tertiary/aromatic N) is 1. The van der Waals surface area contributed by atoms with Crippen molar-refractivity contribution in [2.24, 2.45) is 0 Å². The number of rotatable bonds is 4. The first-order valence-corrected chi connectivity index (χ1v) is 5.70. The van der Waals surface area contributed by atoms with Crippen LogP contribution in [0, 0.1) is 0 Å². The molecule has 3 nitrogen and oxygen atoms in total. The van der Waals surface area contributed by atoms with E-state index in [0.717, 1.165) is 16.3 Å². The molecule has 0 saturated carbocycles. The molecule has 0 amide bonds. The Hall–Kier alpha value is -1.45. The summed E-state index contributed by atoms with van der Waals surface area (Å²) in [6.45, 7) is 2.36. The molecule has 2 rings (SSSR count). The lowest BCUT2D eigenvalue weighted by Crippen LogP contribution is -2.23. The second-order valence-electron chi connectivity index (χ2n) is 4.42. The SMILES string of the molecule is COCCC(C)(O)c1cccc2cnccc12. The van der Waals surface area contributed by atoms with Crippen LogP contribution in [0.3, 0.4) is 0 Å². The Bertz CT molecular complexity index is 503. The van der Waals surface area contributed by atoms with Gasteiger partial charge in [-0.2, -0.15) is 0 Å². The molecule has 0 aliphatic carbocycles. The topological polar surface area (TPSA) is 42.4 Å². The van der Waals surface area contributed by atoms with Crippen LogP contribution in [-0.4, -0.2) is 23.8 Å². The van der Waals surface area contributed by atoms with Crippen molar-refractivity contribution in [1.82, 2.24) is 4.98 Å². The van der Waals surface area contributed by atoms with E-state index in [1.807, 2.05) is 37.4 Å². The Morgan fingerprint density at radius 1 is 1.35 bits per heavy atom. The molecule has 1 N–H and O–H groups in total. The molecule has 90 valence electrons. The van der Waals surface area contributed by atoms with Gasteiger partial charge in [-0.15, -0.1) is 0 Å². The molecule has 3 heteroatoms. The summed E-state index contributed by atoms with van der Waals surface area (Å²) in [5.41, 5.74) is 0.0473. The zero-order valence-corrected chi connectivity index (χ0v) is 10.2. The third-order valence-electron chi connectivity index (χ3n) is 3.05. The van der Waals surface area contributed by atoms with Crippen molar-refractivity contribution in [2.75, 3.05) is 13.7 Å². The van der Waals surface area contributed by atoms with Gasteiger partial charge < -0.3 is 9.84 Å². The lowest BCUT2D eigenvalue weighted by molar-refractivity contribution is 0.0223. The predicted molar refractivity (Wildman–Crippen MR) is 67.8 cm³/mol. The summed E-state index contributed by atoms with van der Waals surface area (Å²) in [6.07, 6.45) is 4.13. The van der Waals surface area contributed by atoms with Crippen molar-refractivity contribution in [3.05, 3.63) is 42.2 Å². The monoisotopic (exact) mass is 231 g/mol. The number of hydrogen-bond acceptors (Lipinski definition) is 3. The molecular weight excluding hydrogens is 214 g/mol. The molecule has 17 heavy (non-hydrogen) atoms. The molecule has 1 aromatic carbocycles. The Morgan fingerprint density at radius 3 is 2.94 bits per heavy atom. The van der Waals surface area contributed by atoms with Crippen LogP contribution in [0.4, 0.5) is 0 Å². The number of benzene rings is 1. The minimum Gasteiger partial charge on any atom is -0.385 e. The normalized spacial score (nSPS) is 14.8. The van der Waals surface area contributed by atoms with Gasteiger partial charge in [0.25, 0.3) is 0 Å². The van der Waals surface area contributed by atoms with Crippen molar-refractivity contribution >= 4 is 10.8 Å². The molecule has 0 saturated heterocycles. The largest absolute Gasteiger partial charge is 0.385 e. The quantitative estimate of drug-likeness (QED) is 0.879. The van der Waals surface area contributed by atoms with Gasteiger partial charge in [0.15, 0.2) is 0 Å². The summed E-state index contributed by atoms with van der Waals surface area (Å²) >= 11 is 0. The summed E-state index contributed by atoms with van der Waals surface area (Å²) in [5, 5.41) is 12.6. The van der Waals surface area contributed by atoms with Gasteiger partial charge in [-0.25, -0.2) is 0 Å². The standard InChI is InChI=1S/C14H17NO2/c1-14(16,7-9-17-2)13-5-3-4-11-10-15-8-6-12(11)13/h3-6,8,10,16H,7,9H2,1-2H3. The van der Waals surface area contributed by atoms with Crippen LogP contribution in [0.15, 0.2) is 36.7 Å². The molecule has 2 aromatic rings. The maximum absolute atomic E-state index is 10.5. The van der Waals surface area contributed by atoms with Crippen molar-refractivity contribution < 1.29 is 9.84 Å². The number of ether oxygens (including phenoxy) is 1. The van der Waals surface area contributed by atoms with Crippen LogP contribution in [-0.2, 0) is 10.3 Å². The number of hydrogen-bond donors (Lipinski definition) is 1. The van der Waals surface area contributed by atoms with E-state index in [4.69, 9.17) is 4.74 Å². The summed E-state index contributed by atoms with van der Waals surface area (Å²) in [5.74, 6) is 0. The fourth-order valence-corrected chi connectivity index (χ4v) is 2.03. The smallest absolute Gasteiger partial charge is 0.0896 e. The highest BCUT2D eigenvalue weighted by molar-refractivity contribution is 5.85. The Kier molecular flexibility index (Phi) is 3.41. The summed E-state index contributed by atoms with van der Waals surface area (Å²) in [7, 11) is 1.64. The van der Waals surface area contributed by atoms with E-state index in [1.165, 1.54) is 0 Å². The lowest BCUT2D eigenvalue weighted by atomic mass is 9.89. The first-order valence-electron chi connectivity index (χ1n) is 5.70. The van der Waals surface area contributed by atoms with Crippen LogP contribution < -0.4 is 0 Å². The Labute approximate surface area is 101 Å². The first kappa shape index (κ1) is 12.0. The van der Waals surface area contributed by atoms with Gasteiger partial charge in [0, 0.05) is 37.9 Å². The van der Waals surface area contributed by atoms with Gasteiger partial charge in [-0.3, -0.25) is 4.98 Å². The van der Waals surface area contributed by atoms with Crippen LogP contribution in [0.25, 0.3) is 10.8 Å². The fourth-order valence-electron chi connectivity index (χ4n) is 2.03. The number of aromatic nitrogens is 1. The lowest BCUT2D eigenvalue weighted by Gasteiger charge is -2.25. The maximum Gasteiger partial charge on any atom is 0.0896 e. The molecular formula is C14H17NO2. The van der Waals surface area contributed by atoms with E-state index < -0.39 is 5.60 Å². The molecule has 1 aromatic heterocycles. The fraction of sp³-hybridized carbons (Fsp3) is 0.357. The summed E-state index contributed by atoms with van der Waals surface area (Å²) in [4.78, 5) is 4.09. The van der Waals surface area contributed by atoms with Crippen molar-refractivity contribution in [1.29, 1.82) is 0 Å². The van der Waals surface area contributed by atoms with E-state index in [0.29, 0.717) is 13.0 Å². The van der Waals surface area contributed by atoms with Gasteiger partial charge in [0.2, 0.25) is 0 Å². The van der Waals surface area contributed by atoms with Gasteiger partial charge in [0.1, 0.15) is 0 Å². The second-order valence-corrected chi connectivity index (χ2v) is 4.42. The number of aliphatic hydroxyl groups is 1. The highest BCUT2D eigenvalue weighted by atomic mass is 16.5. The zero-order chi connectivity index (χ0) is 12.3. The van der Waals surface area contributed by atoms with Crippen molar-refractivity contribution in [3.63, 3.8) is 0 Å². The Morgan fingerprint density at radius 2 is 2.18 bits per heavy atom. The van der Waals surface area contributed by atoms with Crippen molar-refractivity contribution in [3.8, 4) is 0 Å². The average molecular weight is 231 g/mol. The van der Waals surface area contributed by atoms with Crippen LogP contribution in [0.1, 0.15) is 18.9 Å². The molecule has 1 unspecified atom stereocenters. The van der Waals surface area contributed by atoms with Gasteiger partial charge in [0.05, 0.1) is 5.60 Å². The summed E-state index contributed by atoms with van der Waals surface area (Å²) < 4.78 is 5.04. The molecule has 1 heterocycles. The van der Waals surface area contributed by atoms with Gasteiger partial charge in [-0.1, -0.05) is 18.2 Å². The molecule has 0 aliphatic heterocycles. The van der Waals surface area contributed by atoms with E-state index in [-0.39, 0.29) is 0 Å². The average Bonchev–Trinajstić information content (AvgIpc) is 2.36. The van der Waals surface area contributed by atoms with E-state index >= 15 is 0 Å². The van der Waals surface area contributed by atoms with E-state index in [2.05, 4.69) is 4.98 Å².